The third-order valence-corrected chi connectivity index (χ3v) is 6.67. The summed E-state index contributed by atoms with van der Waals surface area (Å²) in [6, 6.07) is 3.23. The summed E-state index contributed by atoms with van der Waals surface area (Å²) in [5.41, 5.74) is 0.373. The van der Waals surface area contributed by atoms with Crippen LogP contribution >= 0.6 is 0 Å². The largest absolute Gasteiger partial charge is 0.444 e. The summed E-state index contributed by atoms with van der Waals surface area (Å²) in [6.07, 6.45) is 4.09. The highest BCUT2D eigenvalue weighted by Crippen LogP contribution is 2.27. The van der Waals surface area contributed by atoms with Gasteiger partial charge in [-0.3, -0.25) is 0 Å². The molecule has 0 saturated carbocycles. The molecule has 3 heterocycles. The summed E-state index contributed by atoms with van der Waals surface area (Å²) in [6.45, 7) is 15.4. The van der Waals surface area contributed by atoms with Crippen LogP contribution < -0.4 is 10.2 Å². The molecule has 1 saturated heterocycles. The molecule has 1 N–H and O–H groups in total. The lowest BCUT2D eigenvalue weighted by molar-refractivity contribution is 0.0509. The fraction of sp³-hybridized carbons (Fsp3) is 0.667. The highest BCUT2D eigenvalue weighted by Gasteiger charge is 2.28. The average Bonchev–Trinajstić information content (AvgIpc) is 3.23. The van der Waals surface area contributed by atoms with Crippen molar-refractivity contribution in [2.24, 2.45) is 0 Å². The number of hydrogen-bond acceptors (Lipinski definition) is 6. The Kier molecular flexibility index (Phi) is 6.71. The van der Waals surface area contributed by atoms with E-state index in [2.05, 4.69) is 39.8 Å². The van der Waals surface area contributed by atoms with Gasteiger partial charge in [0.25, 0.3) is 0 Å². The summed E-state index contributed by atoms with van der Waals surface area (Å²) in [5, 5.41) is 3.97. The van der Waals surface area contributed by atoms with Gasteiger partial charge in [0.2, 0.25) is 0 Å². The minimum atomic E-state index is -1.10. The quantitative estimate of drug-likeness (QED) is 0.528. The molecule has 9 heteroatoms. The Bertz CT molecular complexity index is 872. The van der Waals surface area contributed by atoms with Crippen LogP contribution in [-0.4, -0.2) is 60.0 Å². The molecule has 1 aliphatic heterocycles. The molecule has 0 aromatic carbocycles. The summed E-state index contributed by atoms with van der Waals surface area (Å²) in [7, 11) is -1.10. The Morgan fingerprint density at radius 1 is 1.30 bits per heavy atom. The van der Waals surface area contributed by atoms with Gasteiger partial charge >= 0.3 is 6.09 Å². The molecule has 2 aromatic heterocycles. The maximum atomic E-state index is 12.1. The van der Waals surface area contributed by atoms with E-state index in [0.717, 1.165) is 42.5 Å². The summed E-state index contributed by atoms with van der Waals surface area (Å²) < 4.78 is 13.3. The van der Waals surface area contributed by atoms with Crippen molar-refractivity contribution in [1.82, 2.24) is 19.9 Å². The molecule has 0 aliphatic carbocycles. The number of anilines is 1. The van der Waals surface area contributed by atoms with Crippen LogP contribution in [0.5, 0.6) is 0 Å². The standard InChI is InChI=1S/C21H35N5O3Si/c1-21(2,3)29-20(27)24-16-7-9-25(13-16)18-17-8-10-26(19(17)23-14-22-18)15-28-11-12-30(4,5)6/h8,10,14,16H,7,9,11-13,15H2,1-6H3,(H,24,27)/t16-/m1/s1. The van der Waals surface area contributed by atoms with Gasteiger partial charge in [0.05, 0.1) is 11.4 Å². The van der Waals surface area contributed by atoms with Crippen molar-refractivity contribution >= 4 is 31.0 Å². The molecule has 166 valence electrons. The van der Waals surface area contributed by atoms with E-state index in [1.807, 2.05) is 37.6 Å². The Hall–Kier alpha value is -2.13. The molecule has 1 atom stereocenters. The van der Waals surface area contributed by atoms with E-state index in [4.69, 9.17) is 9.47 Å². The number of carbonyl (C=O) groups is 1. The number of rotatable bonds is 7. The lowest BCUT2D eigenvalue weighted by Gasteiger charge is -2.22. The van der Waals surface area contributed by atoms with E-state index in [0.29, 0.717) is 13.3 Å². The van der Waals surface area contributed by atoms with Crippen molar-refractivity contribution in [3.63, 3.8) is 0 Å². The number of nitrogens with zero attached hydrogens (tertiary/aromatic N) is 4. The molecule has 8 nitrogen and oxygen atoms in total. The van der Waals surface area contributed by atoms with Gasteiger partial charge < -0.3 is 24.3 Å². The van der Waals surface area contributed by atoms with E-state index in [9.17, 15) is 4.79 Å². The number of alkyl carbamates (subject to hydrolysis) is 1. The molecule has 3 rings (SSSR count). The normalized spacial score (nSPS) is 17.5. The number of carbonyl (C=O) groups excluding carboxylic acids is 1. The highest BCUT2D eigenvalue weighted by molar-refractivity contribution is 6.76. The van der Waals surface area contributed by atoms with E-state index >= 15 is 0 Å². The van der Waals surface area contributed by atoms with Crippen molar-refractivity contribution in [2.75, 3.05) is 24.6 Å². The molecule has 1 amide bonds. The zero-order valence-electron chi connectivity index (χ0n) is 19.1. The fourth-order valence-electron chi connectivity index (χ4n) is 3.43. The Morgan fingerprint density at radius 3 is 2.77 bits per heavy atom. The summed E-state index contributed by atoms with van der Waals surface area (Å²) >= 11 is 0. The van der Waals surface area contributed by atoms with Gasteiger partial charge in [-0.25, -0.2) is 14.8 Å². The third-order valence-electron chi connectivity index (χ3n) is 4.97. The van der Waals surface area contributed by atoms with Crippen molar-refractivity contribution in [3.8, 4) is 0 Å². The SMILES string of the molecule is CC(C)(C)OC(=O)N[C@@H]1CCN(c2ncnc3c2ccn3COCC[Si](C)(C)C)C1. The predicted octanol–water partition coefficient (Wildman–Crippen LogP) is 3.85. The smallest absolute Gasteiger partial charge is 0.407 e. The van der Waals surface area contributed by atoms with Crippen molar-refractivity contribution < 1.29 is 14.3 Å². The van der Waals surface area contributed by atoms with Crippen molar-refractivity contribution in [3.05, 3.63) is 18.6 Å². The number of hydrogen-bond donors (Lipinski definition) is 1. The van der Waals surface area contributed by atoms with Gasteiger partial charge in [-0.1, -0.05) is 19.6 Å². The topological polar surface area (TPSA) is 81.5 Å². The van der Waals surface area contributed by atoms with Crippen molar-refractivity contribution in [1.29, 1.82) is 0 Å². The van der Waals surface area contributed by atoms with Crippen LogP contribution in [0.25, 0.3) is 11.0 Å². The Morgan fingerprint density at radius 2 is 2.07 bits per heavy atom. The number of amides is 1. The van der Waals surface area contributed by atoms with E-state index in [-0.39, 0.29) is 12.1 Å². The Balaban J connectivity index is 1.62. The first-order chi connectivity index (χ1) is 14.0. The molecule has 0 spiro atoms. The van der Waals surface area contributed by atoms with Crippen LogP contribution in [0.15, 0.2) is 18.6 Å². The van der Waals surface area contributed by atoms with Crippen LogP contribution in [0.3, 0.4) is 0 Å². The predicted molar refractivity (Wildman–Crippen MR) is 122 cm³/mol. The highest BCUT2D eigenvalue weighted by atomic mass is 28.3. The zero-order chi connectivity index (χ0) is 21.9. The number of fused-ring (bicyclic) bond motifs is 1. The van der Waals surface area contributed by atoms with Crippen LogP contribution in [0, 0.1) is 0 Å². The van der Waals surface area contributed by atoms with Gasteiger partial charge in [-0.2, -0.15) is 0 Å². The molecule has 0 unspecified atom stereocenters. The molecule has 1 aliphatic rings. The van der Waals surface area contributed by atoms with Gasteiger partial charge in [0.1, 0.15) is 30.1 Å². The molecule has 30 heavy (non-hydrogen) atoms. The first-order valence-electron chi connectivity index (χ1n) is 10.6. The van der Waals surface area contributed by atoms with Crippen LogP contribution in [0.2, 0.25) is 25.7 Å². The maximum absolute atomic E-state index is 12.1. The monoisotopic (exact) mass is 433 g/mol. The van der Waals surface area contributed by atoms with Crippen molar-refractivity contribution in [2.45, 2.75) is 71.3 Å². The van der Waals surface area contributed by atoms with Gasteiger partial charge in [-0.05, 0) is 39.3 Å². The van der Waals surface area contributed by atoms with E-state index < -0.39 is 13.7 Å². The van der Waals surface area contributed by atoms with Crippen LogP contribution in [-0.2, 0) is 16.2 Å². The maximum Gasteiger partial charge on any atom is 0.407 e. The van der Waals surface area contributed by atoms with Crippen LogP contribution in [0.1, 0.15) is 27.2 Å². The third kappa shape index (κ3) is 6.18. The second-order valence-corrected chi connectivity index (χ2v) is 15.8. The number of ether oxygens (including phenoxy) is 2. The first-order valence-corrected chi connectivity index (χ1v) is 14.3. The summed E-state index contributed by atoms with van der Waals surface area (Å²) in [4.78, 5) is 23.3. The molecule has 1 fully saturated rings. The second kappa shape index (κ2) is 8.93. The van der Waals surface area contributed by atoms with Crippen LogP contribution in [0.4, 0.5) is 10.6 Å². The average molecular weight is 434 g/mol. The van der Waals surface area contributed by atoms with E-state index in [1.165, 1.54) is 0 Å². The molecular weight excluding hydrogens is 398 g/mol. The molecular formula is C21H35N5O3Si. The van der Waals surface area contributed by atoms with E-state index in [1.54, 1.807) is 6.33 Å². The Labute approximate surface area is 180 Å². The molecule has 2 aromatic rings. The van der Waals surface area contributed by atoms with Gasteiger partial charge in [0, 0.05) is 34.0 Å². The molecule has 0 radical (unpaired) electrons. The lowest BCUT2D eigenvalue weighted by Crippen LogP contribution is -2.40. The number of aromatic nitrogens is 3. The number of nitrogens with one attached hydrogen (secondary N) is 1. The minimum Gasteiger partial charge on any atom is -0.444 e. The second-order valence-electron chi connectivity index (χ2n) is 10.1. The lowest BCUT2D eigenvalue weighted by atomic mass is 10.2. The zero-order valence-corrected chi connectivity index (χ0v) is 20.1. The first kappa shape index (κ1) is 22.5. The van der Waals surface area contributed by atoms with Gasteiger partial charge in [-0.15, -0.1) is 0 Å². The fourth-order valence-corrected chi connectivity index (χ4v) is 4.19. The van der Waals surface area contributed by atoms with Gasteiger partial charge in [0.15, 0.2) is 0 Å². The molecule has 0 bridgehead atoms. The summed E-state index contributed by atoms with van der Waals surface area (Å²) in [5.74, 6) is 0.898. The minimum absolute atomic E-state index is 0.0387.